The first kappa shape index (κ1) is 44.7. The molecule has 1 aromatic carbocycles. The summed E-state index contributed by atoms with van der Waals surface area (Å²) in [4.78, 5) is 47.7. The zero-order chi connectivity index (χ0) is 41.0. The zero-order valence-electron chi connectivity index (χ0n) is 34.4. The molecule has 2 fully saturated rings. The summed E-state index contributed by atoms with van der Waals surface area (Å²) in [7, 11) is 5.25. The highest BCUT2D eigenvalue weighted by Crippen LogP contribution is 2.41. The number of aromatic nitrogens is 1. The zero-order valence-corrected chi connectivity index (χ0v) is 34.4. The van der Waals surface area contributed by atoms with E-state index in [4.69, 9.17) is 23.7 Å². The molecule has 2 aliphatic heterocycles. The maximum atomic E-state index is 14.5. The first-order chi connectivity index (χ1) is 25.8. The first-order valence-electron chi connectivity index (χ1n) is 19.6. The van der Waals surface area contributed by atoms with Crippen LogP contribution in [0, 0.1) is 29.6 Å². The maximum Gasteiger partial charge on any atom is 0.339 e. The van der Waals surface area contributed by atoms with Crippen LogP contribution >= 0.6 is 0 Å². The molecule has 2 saturated heterocycles. The Labute approximate surface area is 326 Å². The molecule has 2 aliphatic rings. The predicted molar refractivity (Wildman–Crippen MR) is 206 cm³/mol. The fraction of sp³-hybridized carbons (Fsp3) is 0.714. The van der Waals surface area contributed by atoms with Crippen LogP contribution < -0.4 is 0 Å². The fourth-order valence-electron chi connectivity index (χ4n) is 8.76. The van der Waals surface area contributed by atoms with Gasteiger partial charge in [-0.2, -0.15) is 0 Å². The lowest BCUT2D eigenvalue weighted by molar-refractivity contribution is -0.301. The monoisotopic (exact) mass is 772 g/mol. The molecule has 0 aliphatic carbocycles. The Bertz CT molecular complexity index is 1620. The lowest BCUT2D eigenvalue weighted by Crippen LogP contribution is -2.60. The van der Waals surface area contributed by atoms with Gasteiger partial charge in [0.15, 0.2) is 6.29 Å². The Morgan fingerprint density at radius 2 is 1.71 bits per heavy atom. The van der Waals surface area contributed by atoms with Crippen LogP contribution in [0.2, 0.25) is 0 Å². The number of nitrogens with zero attached hydrogens (tertiary/aromatic N) is 2. The quantitative estimate of drug-likeness (QED) is 0.303. The Hall–Kier alpha value is -3.04. The number of ether oxygens (including phenoxy) is 5. The Morgan fingerprint density at radius 3 is 2.35 bits per heavy atom. The summed E-state index contributed by atoms with van der Waals surface area (Å²) in [6.45, 7) is 13.7. The molecule has 13 heteroatoms. The number of likely N-dealkylation sites (N-methyl/N-ethyl adjacent to an activating group) is 1. The molecule has 0 spiro atoms. The second-order valence-corrected chi connectivity index (χ2v) is 16.6. The van der Waals surface area contributed by atoms with E-state index in [1.165, 1.54) is 13.3 Å². The third-order valence-corrected chi connectivity index (χ3v) is 12.3. The van der Waals surface area contributed by atoms with Crippen molar-refractivity contribution in [3.8, 4) is 0 Å². The number of cyclic esters (lactones) is 1. The number of pyridine rings is 1. The van der Waals surface area contributed by atoms with Crippen molar-refractivity contribution in [3.05, 3.63) is 42.1 Å². The van der Waals surface area contributed by atoms with Crippen LogP contribution in [0.1, 0.15) is 91.4 Å². The number of ketones is 1. The molecule has 13 nitrogen and oxygen atoms in total. The largest absolute Gasteiger partial charge is 0.462 e. The van der Waals surface area contributed by atoms with Gasteiger partial charge in [-0.25, -0.2) is 4.79 Å². The summed E-state index contributed by atoms with van der Waals surface area (Å²) in [6, 6.07) is 8.84. The number of fused-ring (bicyclic) bond motifs is 1. The summed E-state index contributed by atoms with van der Waals surface area (Å²) in [5.41, 5.74) is -1.96. The molecule has 14 atom stereocenters. The molecule has 4 rings (SSSR count). The SMILES string of the molecule is CC[C@H]1OC(=O)[C@H](C)[C@@H](O)[C@@H](C)[C@@H](O[C@@H]2O[C@H](C)C[C@H](N(C)C)[C@H]2O)[C@](C)(OC)C[C@@H](C)C(=O)C(C)[C@H](CCOC(=O)c2cnc3ccccc3c2)[C@]1(C)O. The normalized spacial score (nSPS) is 38.4. The van der Waals surface area contributed by atoms with E-state index < -0.39 is 83.4 Å². The number of rotatable bonds is 9. The molecule has 0 saturated carbocycles. The van der Waals surface area contributed by atoms with Gasteiger partial charge in [-0.05, 0) is 79.6 Å². The van der Waals surface area contributed by atoms with Crippen molar-refractivity contribution < 1.29 is 53.4 Å². The fourth-order valence-corrected chi connectivity index (χ4v) is 8.76. The van der Waals surface area contributed by atoms with E-state index in [-0.39, 0.29) is 49.4 Å². The lowest BCUT2D eigenvalue weighted by atomic mass is 9.69. The van der Waals surface area contributed by atoms with Crippen molar-refractivity contribution in [1.82, 2.24) is 9.88 Å². The van der Waals surface area contributed by atoms with Crippen molar-refractivity contribution in [2.45, 2.75) is 135 Å². The molecule has 0 amide bonds. The van der Waals surface area contributed by atoms with E-state index in [0.29, 0.717) is 6.42 Å². The Kier molecular flexibility index (Phi) is 15.0. The van der Waals surface area contributed by atoms with Gasteiger partial charge in [0.05, 0.1) is 47.5 Å². The van der Waals surface area contributed by atoms with E-state index in [2.05, 4.69) is 4.98 Å². The number of Topliss-reactive ketones (excluding diaryl/α,β-unsaturated/α-hetero) is 1. The van der Waals surface area contributed by atoms with Gasteiger partial charge in [-0.15, -0.1) is 0 Å². The van der Waals surface area contributed by atoms with Crippen molar-refractivity contribution in [2.24, 2.45) is 29.6 Å². The number of aliphatic hydroxyl groups is 3. The van der Waals surface area contributed by atoms with E-state index in [1.54, 1.807) is 54.5 Å². The molecule has 1 aromatic heterocycles. The number of methoxy groups -OCH3 is 1. The van der Waals surface area contributed by atoms with Gasteiger partial charge in [0.1, 0.15) is 23.6 Å². The molecule has 2 aromatic rings. The highest BCUT2D eigenvalue weighted by molar-refractivity contribution is 5.93. The average molecular weight is 773 g/mol. The molecule has 3 N–H and O–H groups in total. The van der Waals surface area contributed by atoms with Crippen molar-refractivity contribution in [2.75, 3.05) is 27.8 Å². The van der Waals surface area contributed by atoms with Crippen LogP contribution in [0.5, 0.6) is 0 Å². The highest BCUT2D eigenvalue weighted by atomic mass is 16.7. The summed E-state index contributed by atoms with van der Waals surface area (Å²) in [6.07, 6.45) is -3.25. The number of benzene rings is 1. The van der Waals surface area contributed by atoms with Crippen LogP contribution in [0.4, 0.5) is 0 Å². The van der Waals surface area contributed by atoms with Crippen molar-refractivity contribution in [1.29, 1.82) is 0 Å². The number of hydrogen-bond donors (Lipinski definition) is 3. The number of carbonyl (C=O) groups excluding carboxylic acids is 3. The molecule has 55 heavy (non-hydrogen) atoms. The molecular weight excluding hydrogens is 708 g/mol. The first-order valence-corrected chi connectivity index (χ1v) is 19.6. The summed E-state index contributed by atoms with van der Waals surface area (Å²) < 4.78 is 30.6. The van der Waals surface area contributed by atoms with Gasteiger partial charge in [0, 0.05) is 48.4 Å². The van der Waals surface area contributed by atoms with Crippen LogP contribution in [-0.2, 0) is 33.3 Å². The number of esters is 2. The van der Waals surface area contributed by atoms with Crippen molar-refractivity contribution in [3.63, 3.8) is 0 Å². The van der Waals surface area contributed by atoms with Gasteiger partial charge in [0.2, 0.25) is 0 Å². The minimum Gasteiger partial charge on any atom is -0.462 e. The minimum absolute atomic E-state index is 0.0814. The standard InChI is InChI=1S/C42H64N2O11/c1-12-33-42(8,50)30(17-18-52-39(49)29-20-28-15-13-14-16-31(28)43-22-29)25(4)34(45)23(2)21-41(7,51-11)37(26(5)35(46)27(6)38(48)54-33)55-40-36(47)32(44(9)10)19-24(3)53-40/h13-16,20,22-27,30,32-33,35-37,40,46-47,50H,12,17-19,21H2,1-11H3/t23-,24-,25?,26-,27-,30+,32+,33-,35+,36-,37-,40+,41-,42+/m1/s1. The second kappa shape index (κ2) is 18.5. The minimum atomic E-state index is -1.74. The Balaban J connectivity index is 1.67. The average Bonchev–Trinajstić information content (AvgIpc) is 3.15. The highest BCUT2D eigenvalue weighted by Gasteiger charge is 2.52. The van der Waals surface area contributed by atoms with Crippen LogP contribution in [0.25, 0.3) is 10.9 Å². The number of carbonyl (C=O) groups is 3. The molecule has 3 heterocycles. The van der Waals surface area contributed by atoms with Crippen molar-refractivity contribution >= 4 is 28.6 Å². The number of aliphatic hydroxyl groups excluding tert-OH is 2. The van der Waals surface area contributed by atoms with Gasteiger partial charge < -0.3 is 43.9 Å². The summed E-state index contributed by atoms with van der Waals surface area (Å²) in [5, 5.41) is 36.2. The molecule has 308 valence electrons. The third kappa shape index (κ3) is 9.92. The maximum absolute atomic E-state index is 14.5. The van der Waals surface area contributed by atoms with Gasteiger partial charge in [-0.3, -0.25) is 14.6 Å². The lowest BCUT2D eigenvalue weighted by Gasteiger charge is -2.48. The summed E-state index contributed by atoms with van der Waals surface area (Å²) in [5.74, 6) is -5.61. The summed E-state index contributed by atoms with van der Waals surface area (Å²) >= 11 is 0. The molecular formula is C42H64N2O11. The second-order valence-electron chi connectivity index (χ2n) is 16.6. The molecule has 0 radical (unpaired) electrons. The van der Waals surface area contributed by atoms with E-state index in [1.807, 2.05) is 50.2 Å². The van der Waals surface area contributed by atoms with Gasteiger partial charge >= 0.3 is 11.9 Å². The molecule has 1 unspecified atom stereocenters. The predicted octanol–water partition coefficient (Wildman–Crippen LogP) is 4.57. The van der Waals surface area contributed by atoms with Gasteiger partial charge in [0.25, 0.3) is 0 Å². The smallest absolute Gasteiger partial charge is 0.339 e. The van der Waals surface area contributed by atoms with Crippen LogP contribution in [-0.4, -0.2) is 125 Å². The molecule has 0 bridgehead atoms. The number of hydrogen-bond acceptors (Lipinski definition) is 13. The van der Waals surface area contributed by atoms with Crippen LogP contribution in [0.3, 0.4) is 0 Å². The third-order valence-electron chi connectivity index (χ3n) is 12.3. The Morgan fingerprint density at radius 1 is 1.04 bits per heavy atom. The topological polar surface area (TPSA) is 174 Å². The van der Waals surface area contributed by atoms with E-state index >= 15 is 0 Å². The van der Waals surface area contributed by atoms with E-state index in [0.717, 1.165) is 10.9 Å². The van der Waals surface area contributed by atoms with Gasteiger partial charge in [-0.1, -0.05) is 45.9 Å². The number of para-hydroxylation sites is 1. The van der Waals surface area contributed by atoms with E-state index in [9.17, 15) is 29.7 Å². The van der Waals surface area contributed by atoms with Crippen LogP contribution in [0.15, 0.2) is 36.5 Å².